The first kappa shape index (κ1) is 23.1. The first-order valence-electron chi connectivity index (χ1n) is 10.9. The Kier molecular flexibility index (Phi) is 6.78. The van der Waals surface area contributed by atoms with Crippen molar-refractivity contribution in [3.8, 4) is 16.3 Å². The van der Waals surface area contributed by atoms with Gasteiger partial charge in [-0.3, -0.25) is 14.9 Å². The number of hydrogen-bond acceptors (Lipinski definition) is 7. The zero-order valence-electron chi connectivity index (χ0n) is 18.9. The maximum Gasteiger partial charge on any atom is 0.257 e. The zero-order valence-corrected chi connectivity index (χ0v) is 20.5. The van der Waals surface area contributed by atoms with Crippen molar-refractivity contribution in [2.45, 2.75) is 11.9 Å². The molecule has 1 aromatic heterocycles. The highest BCUT2D eigenvalue weighted by molar-refractivity contribution is 8.00. The fourth-order valence-electron chi connectivity index (χ4n) is 3.77. The molecule has 3 aromatic carbocycles. The molecule has 2 heterocycles. The van der Waals surface area contributed by atoms with Crippen molar-refractivity contribution in [3.05, 3.63) is 95.6 Å². The average Bonchev–Trinajstić information content (AvgIpc) is 3.51. The van der Waals surface area contributed by atoms with E-state index in [0.29, 0.717) is 28.0 Å². The summed E-state index contributed by atoms with van der Waals surface area (Å²) in [6.07, 6.45) is 0. The number of carbonyl (C=O) groups is 2. The van der Waals surface area contributed by atoms with Gasteiger partial charge in [-0.05, 0) is 47.5 Å². The van der Waals surface area contributed by atoms with Crippen molar-refractivity contribution in [3.63, 3.8) is 0 Å². The Labute approximate surface area is 211 Å². The van der Waals surface area contributed by atoms with Gasteiger partial charge in [0.1, 0.15) is 16.1 Å². The van der Waals surface area contributed by atoms with Crippen LogP contribution in [-0.4, -0.2) is 39.8 Å². The third-order valence-corrected chi connectivity index (χ3v) is 7.75. The molecule has 1 fully saturated rings. The van der Waals surface area contributed by atoms with Gasteiger partial charge in [-0.15, -0.1) is 22.0 Å². The second kappa shape index (κ2) is 10.3. The molecular formula is C26H22N4O3S2. The molecule has 0 bridgehead atoms. The van der Waals surface area contributed by atoms with E-state index in [4.69, 9.17) is 4.74 Å². The second-order valence-corrected chi connectivity index (χ2v) is 9.93. The Hall–Kier alpha value is -3.69. The summed E-state index contributed by atoms with van der Waals surface area (Å²) >= 11 is 2.91. The van der Waals surface area contributed by atoms with Crippen LogP contribution in [0.3, 0.4) is 0 Å². The number of thioether (sulfide) groups is 1. The van der Waals surface area contributed by atoms with Gasteiger partial charge in [-0.2, -0.15) is 0 Å². The van der Waals surface area contributed by atoms with Crippen molar-refractivity contribution < 1.29 is 14.3 Å². The third kappa shape index (κ3) is 5.21. The van der Waals surface area contributed by atoms with Crippen LogP contribution < -0.4 is 10.1 Å². The first-order chi connectivity index (χ1) is 17.1. The van der Waals surface area contributed by atoms with Gasteiger partial charge in [0.15, 0.2) is 0 Å². The quantitative estimate of drug-likeness (QED) is 0.372. The van der Waals surface area contributed by atoms with Crippen LogP contribution in [0, 0.1) is 0 Å². The lowest BCUT2D eigenvalue weighted by Gasteiger charge is -2.24. The number of hydrogen-bond donors (Lipinski definition) is 1. The highest BCUT2D eigenvalue weighted by Gasteiger charge is 2.32. The number of methoxy groups -OCH3 is 1. The fraction of sp³-hybridized carbons (Fsp3) is 0.154. The Morgan fingerprint density at radius 3 is 2.49 bits per heavy atom. The molecule has 35 heavy (non-hydrogen) atoms. The predicted octanol–water partition coefficient (Wildman–Crippen LogP) is 5.24. The van der Waals surface area contributed by atoms with Crippen LogP contribution in [0.4, 0.5) is 5.13 Å². The monoisotopic (exact) mass is 502 g/mol. The number of nitrogens with zero attached hydrogens (tertiary/aromatic N) is 3. The summed E-state index contributed by atoms with van der Waals surface area (Å²) in [6, 6.07) is 24.8. The summed E-state index contributed by atoms with van der Waals surface area (Å²) in [5, 5.41) is 12.2. The van der Waals surface area contributed by atoms with Gasteiger partial charge in [0, 0.05) is 17.7 Å². The number of nitrogens with one attached hydrogen (secondary N) is 1. The van der Waals surface area contributed by atoms with Gasteiger partial charge >= 0.3 is 0 Å². The molecule has 0 saturated carbocycles. The summed E-state index contributed by atoms with van der Waals surface area (Å²) in [4.78, 5) is 27.2. The predicted molar refractivity (Wildman–Crippen MR) is 138 cm³/mol. The van der Waals surface area contributed by atoms with Crippen LogP contribution in [0.15, 0.2) is 78.9 Å². The maximum absolute atomic E-state index is 12.8. The molecule has 0 spiro atoms. The van der Waals surface area contributed by atoms with Crippen LogP contribution in [0.2, 0.25) is 0 Å². The van der Waals surface area contributed by atoms with Crippen molar-refractivity contribution >= 4 is 40.0 Å². The van der Waals surface area contributed by atoms with E-state index < -0.39 is 0 Å². The van der Waals surface area contributed by atoms with Gasteiger partial charge < -0.3 is 9.64 Å². The minimum absolute atomic E-state index is 0.0740. The SMILES string of the molecule is COc1ccc(-c2nnc(NC(=O)c3ccc([C@H]4SCC(=O)N4Cc4ccccc4)cc3)s2)cc1. The first-order valence-corrected chi connectivity index (χ1v) is 12.8. The molecule has 2 amide bonds. The van der Waals surface area contributed by atoms with E-state index in [-0.39, 0.29) is 17.2 Å². The molecule has 1 aliphatic rings. The summed E-state index contributed by atoms with van der Waals surface area (Å²) in [5.41, 5.74) is 3.50. The normalized spacial score (nSPS) is 15.3. The molecule has 0 radical (unpaired) electrons. The lowest BCUT2D eigenvalue weighted by Crippen LogP contribution is -2.27. The molecule has 4 aromatic rings. The molecule has 1 saturated heterocycles. The van der Waals surface area contributed by atoms with Crippen LogP contribution in [-0.2, 0) is 11.3 Å². The minimum Gasteiger partial charge on any atom is -0.497 e. The van der Waals surface area contributed by atoms with E-state index in [1.165, 1.54) is 11.3 Å². The van der Waals surface area contributed by atoms with Crippen molar-refractivity contribution in [2.75, 3.05) is 18.2 Å². The van der Waals surface area contributed by atoms with Crippen LogP contribution in [0.25, 0.3) is 10.6 Å². The summed E-state index contributed by atoms with van der Waals surface area (Å²) in [5.74, 6) is 1.08. The number of carbonyl (C=O) groups excluding carboxylic acids is 2. The molecule has 0 aliphatic carbocycles. The number of benzene rings is 3. The van der Waals surface area contributed by atoms with E-state index in [0.717, 1.165) is 22.4 Å². The fourth-order valence-corrected chi connectivity index (χ4v) is 5.71. The number of amides is 2. The van der Waals surface area contributed by atoms with Crippen molar-refractivity contribution in [1.29, 1.82) is 0 Å². The van der Waals surface area contributed by atoms with E-state index in [1.807, 2.05) is 71.6 Å². The van der Waals surface area contributed by atoms with E-state index in [9.17, 15) is 9.59 Å². The number of rotatable bonds is 7. The minimum atomic E-state index is -0.259. The summed E-state index contributed by atoms with van der Waals surface area (Å²) in [7, 11) is 1.62. The maximum atomic E-state index is 12.8. The third-order valence-electron chi connectivity index (χ3n) is 5.60. The van der Waals surface area contributed by atoms with Gasteiger partial charge in [0.25, 0.3) is 5.91 Å². The van der Waals surface area contributed by atoms with Gasteiger partial charge in [-0.1, -0.05) is 53.8 Å². The molecule has 176 valence electrons. The topological polar surface area (TPSA) is 84.4 Å². The lowest BCUT2D eigenvalue weighted by atomic mass is 10.1. The van der Waals surface area contributed by atoms with E-state index in [2.05, 4.69) is 15.5 Å². The highest BCUT2D eigenvalue weighted by atomic mass is 32.2. The van der Waals surface area contributed by atoms with Crippen LogP contribution in [0.5, 0.6) is 5.75 Å². The van der Waals surface area contributed by atoms with Crippen molar-refractivity contribution in [1.82, 2.24) is 15.1 Å². The summed E-state index contributed by atoms with van der Waals surface area (Å²) in [6.45, 7) is 0.563. The summed E-state index contributed by atoms with van der Waals surface area (Å²) < 4.78 is 5.18. The molecular weight excluding hydrogens is 480 g/mol. The van der Waals surface area contributed by atoms with Crippen LogP contribution >= 0.6 is 23.1 Å². The Morgan fingerprint density at radius 2 is 1.77 bits per heavy atom. The zero-order chi connectivity index (χ0) is 24.2. The van der Waals surface area contributed by atoms with Gasteiger partial charge in [-0.25, -0.2) is 0 Å². The molecule has 5 rings (SSSR count). The van der Waals surface area contributed by atoms with E-state index in [1.54, 1.807) is 31.0 Å². The van der Waals surface area contributed by atoms with Crippen LogP contribution in [0.1, 0.15) is 26.9 Å². The Balaban J connectivity index is 1.25. The number of ether oxygens (including phenoxy) is 1. The molecule has 1 N–H and O–H groups in total. The lowest BCUT2D eigenvalue weighted by molar-refractivity contribution is -0.128. The van der Waals surface area contributed by atoms with E-state index >= 15 is 0 Å². The molecule has 0 unspecified atom stereocenters. The van der Waals surface area contributed by atoms with Crippen molar-refractivity contribution in [2.24, 2.45) is 0 Å². The number of aromatic nitrogens is 2. The Morgan fingerprint density at radius 1 is 1.03 bits per heavy atom. The Bertz CT molecular complexity index is 1320. The average molecular weight is 503 g/mol. The highest BCUT2D eigenvalue weighted by Crippen LogP contribution is 2.39. The molecule has 7 nitrogen and oxygen atoms in total. The standard InChI is InChI=1S/C26H22N4O3S2/c1-33-21-13-11-19(12-14-21)24-28-29-26(35-24)27-23(32)18-7-9-20(10-8-18)25-30(22(31)16-34-25)15-17-5-3-2-4-6-17/h2-14,25H,15-16H2,1H3,(H,27,29,32)/t25-/m1/s1. The number of anilines is 1. The molecule has 9 heteroatoms. The van der Waals surface area contributed by atoms with Gasteiger partial charge in [0.2, 0.25) is 11.0 Å². The smallest absolute Gasteiger partial charge is 0.257 e. The molecule has 1 atom stereocenters. The molecule has 1 aliphatic heterocycles. The second-order valence-electron chi connectivity index (χ2n) is 7.89. The largest absolute Gasteiger partial charge is 0.497 e. The van der Waals surface area contributed by atoms with Gasteiger partial charge in [0.05, 0.1) is 12.9 Å².